The van der Waals surface area contributed by atoms with Gasteiger partial charge in [0.25, 0.3) is 5.91 Å². The third-order valence-corrected chi connectivity index (χ3v) is 5.61. The summed E-state index contributed by atoms with van der Waals surface area (Å²) >= 11 is 6.45. The molecule has 0 fully saturated rings. The zero-order chi connectivity index (χ0) is 23.7. The lowest BCUT2D eigenvalue weighted by Gasteiger charge is -2.13. The van der Waals surface area contributed by atoms with E-state index >= 15 is 0 Å². The Morgan fingerprint density at radius 1 is 1.09 bits per heavy atom. The molecular formula is C24H19ClF3NO4. The summed E-state index contributed by atoms with van der Waals surface area (Å²) in [6.07, 6.45) is -0.132. The number of methoxy groups -OCH3 is 2. The van der Waals surface area contributed by atoms with Crippen LogP contribution in [0, 0.1) is 17.5 Å². The molecule has 0 saturated heterocycles. The Hall–Kier alpha value is -3.39. The monoisotopic (exact) mass is 477 g/mol. The minimum Gasteiger partial charge on any atom is -0.497 e. The van der Waals surface area contributed by atoms with Crippen molar-refractivity contribution in [3.63, 3.8) is 0 Å². The second-order valence-electron chi connectivity index (χ2n) is 7.38. The molecule has 0 aliphatic carbocycles. The van der Waals surface area contributed by atoms with Gasteiger partial charge in [-0.3, -0.25) is 4.79 Å². The number of hydrogen-bond donors (Lipinski definition) is 1. The van der Waals surface area contributed by atoms with Crippen LogP contribution >= 0.6 is 11.6 Å². The maximum Gasteiger partial charge on any atom is 0.257 e. The van der Waals surface area contributed by atoms with Crippen LogP contribution in [0.4, 0.5) is 13.2 Å². The Morgan fingerprint density at radius 2 is 1.85 bits per heavy atom. The van der Waals surface area contributed by atoms with Gasteiger partial charge in [0.15, 0.2) is 11.6 Å². The van der Waals surface area contributed by atoms with Crippen LogP contribution in [-0.2, 0) is 6.42 Å². The van der Waals surface area contributed by atoms with E-state index < -0.39 is 35.0 Å². The summed E-state index contributed by atoms with van der Waals surface area (Å²) < 4.78 is 57.7. The Balaban J connectivity index is 1.52. The summed E-state index contributed by atoms with van der Waals surface area (Å²) in [7, 11) is 3.13. The summed E-state index contributed by atoms with van der Waals surface area (Å²) in [4.78, 5) is 12.2. The van der Waals surface area contributed by atoms with E-state index in [9.17, 15) is 18.0 Å². The molecule has 1 aliphatic rings. The number of halogens is 4. The largest absolute Gasteiger partial charge is 0.497 e. The lowest BCUT2D eigenvalue weighted by atomic mass is 9.99. The maximum absolute atomic E-state index is 13.9. The van der Waals surface area contributed by atoms with Crippen molar-refractivity contribution in [2.24, 2.45) is 0 Å². The molecule has 1 heterocycles. The first-order valence-corrected chi connectivity index (χ1v) is 10.3. The van der Waals surface area contributed by atoms with Gasteiger partial charge in [-0.2, -0.15) is 0 Å². The molecule has 1 amide bonds. The molecule has 4 rings (SSSR count). The van der Waals surface area contributed by atoms with Crippen molar-refractivity contribution in [1.82, 2.24) is 5.32 Å². The van der Waals surface area contributed by atoms with Gasteiger partial charge >= 0.3 is 0 Å². The van der Waals surface area contributed by atoms with E-state index in [1.54, 1.807) is 32.4 Å². The zero-order valence-electron chi connectivity index (χ0n) is 17.7. The summed E-state index contributed by atoms with van der Waals surface area (Å²) in [5.41, 5.74) is 1.38. The number of fused-ring (bicyclic) bond motifs is 1. The van der Waals surface area contributed by atoms with Gasteiger partial charge in [0.2, 0.25) is 0 Å². The van der Waals surface area contributed by atoms with Crippen molar-refractivity contribution in [3.05, 3.63) is 76.1 Å². The van der Waals surface area contributed by atoms with E-state index in [-0.39, 0.29) is 6.54 Å². The molecule has 0 spiro atoms. The fourth-order valence-corrected chi connectivity index (χ4v) is 4.01. The Bertz CT molecular complexity index is 1230. The minimum atomic E-state index is -1.54. The van der Waals surface area contributed by atoms with Crippen molar-refractivity contribution in [2.45, 2.75) is 12.5 Å². The number of amides is 1. The van der Waals surface area contributed by atoms with E-state index in [4.69, 9.17) is 25.8 Å². The number of benzene rings is 3. The maximum atomic E-state index is 13.9. The van der Waals surface area contributed by atoms with E-state index in [1.807, 2.05) is 12.1 Å². The third-order valence-electron chi connectivity index (χ3n) is 5.33. The molecular weight excluding hydrogens is 459 g/mol. The van der Waals surface area contributed by atoms with E-state index in [2.05, 4.69) is 5.32 Å². The van der Waals surface area contributed by atoms with Crippen LogP contribution in [0.1, 0.15) is 15.9 Å². The average molecular weight is 478 g/mol. The van der Waals surface area contributed by atoms with Gasteiger partial charge in [0, 0.05) is 17.5 Å². The van der Waals surface area contributed by atoms with Gasteiger partial charge in [0.1, 0.15) is 34.7 Å². The summed E-state index contributed by atoms with van der Waals surface area (Å²) in [5, 5.41) is 2.76. The van der Waals surface area contributed by atoms with Crippen LogP contribution in [0.15, 0.2) is 42.5 Å². The predicted octanol–water partition coefficient (Wildman–Crippen LogP) is 5.18. The van der Waals surface area contributed by atoms with Gasteiger partial charge in [-0.25, -0.2) is 13.2 Å². The van der Waals surface area contributed by atoms with Gasteiger partial charge in [-0.15, -0.1) is 0 Å². The summed E-state index contributed by atoms with van der Waals surface area (Å²) in [6.45, 7) is -0.0585. The smallest absolute Gasteiger partial charge is 0.257 e. The highest BCUT2D eigenvalue weighted by Gasteiger charge is 2.28. The quantitative estimate of drug-likeness (QED) is 0.497. The van der Waals surface area contributed by atoms with Crippen molar-refractivity contribution in [2.75, 3.05) is 20.8 Å². The van der Waals surface area contributed by atoms with Crippen LogP contribution in [-0.4, -0.2) is 32.8 Å². The predicted molar refractivity (Wildman–Crippen MR) is 117 cm³/mol. The Labute approximate surface area is 193 Å². The fourth-order valence-electron chi connectivity index (χ4n) is 3.73. The normalized spacial score (nSPS) is 14.4. The first-order valence-electron chi connectivity index (χ1n) is 9.95. The minimum absolute atomic E-state index is 0.0585. The van der Waals surface area contributed by atoms with Crippen molar-refractivity contribution in [3.8, 4) is 28.4 Å². The van der Waals surface area contributed by atoms with Crippen LogP contribution in [0.3, 0.4) is 0 Å². The SMILES string of the molecule is COc1ccc(OC)c(-c2cc(Cl)c3c(c2)C[C@H](CNC(=O)c2c(F)ccc(F)c2F)O3)c1. The van der Waals surface area contributed by atoms with Crippen LogP contribution in [0.25, 0.3) is 11.1 Å². The Kier molecular flexibility index (Phi) is 6.37. The lowest BCUT2D eigenvalue weighted by Crippen LogP contribution is -2.35. The number of carbonyl (C=O) groups excluding carboxylic acids is 1. The summed E-state index contributed by atoms with van der Waals surface area (Å²) in [5.74, 6) is -3.32. The summed E-state index contributed by atoms with van der Waals surface area (Å²) in [6, 6.07) is 10.3. The van der Waals surface area contributed by atoms with Gasteiger partial charge in [-0.05, 0) is 48.0 Å². The molecule has 9 heteroatoms. The highest BCUT2D eigenvalue weighted by atomic mass is 35.5. The highest BCUT2D eigenvalue weighted by Crippen LogP contribution is 2.42. The zero-order valence-corrected chi connectivity index (χ0v) is 18.4. The van der Waals surface area contributed by atoms with Gasteiger partial charge in [-0.1, -0.05) is 11.6 Å². The van der Waals surface area contributed by atoms with Crippen LogP contribution in [0.5, 0.6) is 17.2 Å². The van der Waals surface area contributed by atoms with E-state index in [1.165, 1.54) is 0 Å². The molecule has 1 aliphatic heterocycles. The second-order valence-corrected chi connectivity index (χ2v) is 7.79. The molecule has 0 unspecified atom stereocenters. The van der Waals surface area contributed by atoms with Gasteiger partial charge in [0.05, 0.1) is 25.8 Å². The van der Waals surface area contributed by atoms with Crippen molar-refractivity contribution >= 4 is 17.5 Å². The topological polar surface area (TPSA) is 56.8 Å². The fraction of sp³-hybridized carbons (Fsp3) is 0.208. The highest BCUT2D eigenvalue weighted by molar-refractivity contribution is 6.32. The number of rotatable bonds is 6. The number of ether oxygens (including phenoxy) is 3. The molecule has 3 aromatic rings. The number of nitrogens with one attached hydrogen (secondary N) is 1. The van der Waals surface area contributed by atoms with Crippen LogP contribution in [0.2, 0.25) is 5.02 Å². The molecule has 3 aromatic carbocycles. The molecule has 5 nitrogen and oxygen atoms in total. The molecule has 1 N–H and O–H groups in total. The standard InChI is InChI=1S/C24H19ClF3NO4/c1-31-14-3-6-20(32-2)16(10-14)12-7-13-8-15(33-23(13)17(25)9-12)11-29-24(30)21-18(26)4-5-19(27)22(21)28/h3-7,9-10,15H,8,11H2,1-2H3,(H,29,30)/t15-/m1/s1. The van der Waals surface area contributed by atoms with Crippen LogP contribution < -0.4 is 19.5 Å². The molecule has 172 valence electrons. The third kappa shape index (κ3) is 4.43. The van der Waals surface area contributed by atoms with E-state index in [0.717, 1.165) is 16.7 Å². The van der Waals surface area contributed by atoms with Crippen molar-refractivity contribution in [1.29, 1.82) is 0 Å². The van der Waals surface area contributed by atoms with E-state index in [0.29, 0.717) is 40.8 Å². The number of carbonyl (C=O) groups is 1. The van der Waals surface area contributed by atoms with Crippen molar-refractivity contribution < 1.29 is 32.2 Å². The first-order chi connectivity index (χ1) is 15.8. The molecule has 33 heavy (non-hydrogen) atoms. The molecule has 0 radical (unpaired) electrons. The molecule has 0 saturated carbocycles. The lowest BCUT2D eigenvalue weighted by molar-refractivity contribution is 0.0924. The van der Waals surface area contributed by atoms with Gasteiger partial charge < -0.3 is 19.5 Å². The number of hydrogen-bond acceptors (Lipinski definition) is 4. The average Bonchev–Trinajstić information content (AvgIpc) is 3.23. The molecule has 0 aromatic heterocycles. The molecule has 1 atom stereocenters. The second kappa shape index (κ2) is 9.23. The Morgan fingerprint density at radius 3 is 2.58 bits per heavy atom. The molecule has 0 bridgehead atoms. The first kappa shape index (κ1) is 22.8.